The van der Waals surface area contributed by atoms with Crippen molar-refractivity contribution in [3.8, 4) is 0 Å². The Balaban J connectivity index is 2.12. The summed E-state index contributed by atoms with van der Waals surface area (Å²) in [6.45, 7) is 2.50. The van der Waals surface area contributed by atoms with E-state index in [4.69, 9.17) is 11.6 Å². The molecule has 0 aliphatic rings. The highest BCUT2D eigenvalue weighted by Crippen LogP contribution is 2.25. The summed E-state index contributed by atoms with van der Waals surface area (Å²) in [5, 5.41) is 2.06. The van der Waals surface area contributed by atoms with Crippen LogP contribution in [0.1, 0.15) is 16.3 Å². The first-order chi connectivity index (χ1) is 10.1. The van der Waals surface area contributed by atoms with Crippen LogP contribution in [0, 0.1) is 12.7 Å². The van der Waals surface area contributed by atoms with Gasteiger partial charge in [0.15, 0.2) is 0 Å². The van der Waals surface area contributed by atoms with E-state index in [1.165, 1.54) is 10.9 Å². The van der Waals surface area contributed by atoms with E-state index in [-0.39, 0.29) is 5.82 Å². The molecule has 0 saturated carbocycles. The summed E-state index contributed by atoms with van der Waals surface area (Å²) in [5.74, 6) is 1.18. The second-order valence-corrected chi connectivity index (χ2v) is 7.16. The number of hydrogen-bond donors (Lipinski definition) is 0. The summed E-state index contributed by atoms with van der Waals surface area (Å²) in [5.41, 5.74) is 2.28. The van der Waals surface area contributed by atoms with Crippen molar-refractivity contribution in [3.63, 3.8) is 0 Å². The Morgan fingerprint density at radius 3 is 2.86 bits per heavy atom. The van der Waals surface area contributed by atoms with Crippen LogP contribution in [-0.4, -0.2) is 15.4 Å². The van der Waals surface area contributed by atoms with Crippen LogP contribution in [0.15, 0.2) is 28.1 Å². The fourth-order valence-corrected chi connectivity index (χ4v) is 3.95. The molecule has 2 nitrogen and oxygen atoms in total. The predicted molar refractivity (Wildman–Crippen MR) is 90.0 cm³/mol. The Bertz CT molecular complexity index is 796. The van der Waals surface area contributed by atoms with Gasteiger partial charge >= 0.3 is 0 Å². The highest BCUT2D eigenvalue weighted by atomic mass is 79.9. The molecule has 0 unspecified atom stereocenters. The lowest BCUT2D eigenvalue weighted by Gasteiger charge is -2.07. The minimum absolute atomic E-state index is 0.219. The molecule has 0 bridgehead atoms. The van der Waals surface area contributed by atoms with Crippen LogP contribution in [0.5, 0.6) is 0 Å². The number of aryl methyl sites for hydroxylation is 2. The Hall–Kier alpha value is -0.910. The maximum atomic E-state index is 13.7. The van der Waals surface area contributed by atoms with Crippen LogP contribution in [0.25, 0.3) is 11.0 Å². The molecule has 2 aromatic heterocycles. The van der Waals surface area contributed by atoms with Crippen LogP contribution in [0.2, 0.25) is 0 Å². The molecule has 3 rings (SSSR count). The van der Waals surface area contributed by atoms with Gasteiger partial charge in [-0.25, -0.2) is 9.37 Å². The molecule has 0 saturated heterocycles. The van der Waals surface area contributed by atoms with E-state index in [2.05, 4.69) is 36.9 Å². The van der Waals surface area contributed by atoms with Gasteiger partial charge < -0.3 is 4.57 Å². The van der Waals surface area contributed by atoms with Gasteiger partial charge in [-0.3, -0.25) is 0 Å². The molecule has 0 aliphatic heterocycles. The van der Waals surface area contributed by atoms with Crippen LogP contribution >= 0.6 is 38.9 Å². The van der Waals surface area contributed by atoms with Crippen molar-refractivity contribution in [1.82, 2.24) is 9.55 Å². The molecule has 2 heterocycles. The van der Waals surface area contributed by atoms with E-state index in [1.807, 2.05) is 6.07 Å². The van der Waals surface area contributed by atoms with Gasteiger partial charge in [0.25, 0.3) is 0 Å². The first-order valence-corrected chi connectivity index (χ1v) is 8.73. The molecule has 0 radical (unpaired) electrons. The Morgan fingerprint density at radius 1 is 1.38 bits per heavy atom. The Kier molecular flexibility index (Phi) is 4.33. The van der Waals surface area contributed by atoms with E-state index >= 15 is 0 Å². The molecule has 6 heteroatoms. The van der Waals surface area contributed by atoms with Crippen LogP contribution in [0.3, 0.4) is 0 Å². The third kappa shape index (κ3) is 3.00. The highest BCUT2D eigenvalue weighted by Gasteiger charge is 2.13. The number of alkyl halides is 1. The molecule has 21 heavy (non-hydrogen) atoms. The lowest BCUT2D eigenvalue weighted by atomic mass is 10.2. The Labute approximate surface area is 139 Å². The van der Waals surface area contributed by atoms with Crippen molar-refractivity contribution in [3.05, 3.63) is 50.1 Å². The van der Waals surface area contributed by atoms with E-state index in [0.717, 1.165) is 22.4 Å². The van der Waals surface area contributed by atoms with E-state index < -0.39 is 0 Å². The quantitative estimate of drug-likeness (QED) is 0.567. The van der Waals surface area contributed by atoms with Crippen molar-refractivity contribution < 1.29 is 4.39 Å². The average molecular weight is 388 g/mol. The third-order valence-corrected chi connectivity index (χ3v) is 5.23. The molecule has 0 aliphatic carbocycles. The number of fused-ring (bicyclic) bond motifs is 1. The number of benzene rings is 1. The van der Waals surface area contributed by atoms with Crippen LogP contribution < -0.4 is 0 Å². The largest absolute Gasteiger partial charge is 0.323 e. The topological polar surface area (TPSA) is 17.8 Å². The first kappa shape index (κ1) is 15.0. The summed E-state index contributed by atoms with van der Waals surface area (Å²) in [4.78, 5) is 5.76. The van der Waals surface area contributed by atoms with Gasteiger partial charge in [-0.05, 0) is 40.5 Å². The van der Waals surface area contributed by atoms with Crippen molar-refractivity contribution in [2.45, 2.75) is 19.9 Å². The molecule has 0 spiro atoms. The number of imidazole rings is 1. The van der Waals surface area contributed by atoms with Crippen molar-refractivity contribution >= 4 is 49.9 Å². The number of aromatic nitrogens is 2. The monoisotopic (exact) mass is 386 g/mol. The second kappa shape index (κ2) is 6.07. The smallest absolute Gasteiger partial charge is 0.128 e. The summed E-state index contributed by atoms with van der Waals surface area (Å²) < 4.78 is 16.9. The molecular weight excluding hydrogens is 375 g/mol. The molecule has 3 aromatic rings. The lowest BCUT2D eigenvalue weighted by molar-refractivity contribution is 0.620. The van der Waals surface area contributed by atoms with Gasteiger partial charge in [0.2, 0.25) is 0 Å². The number of nitrogens with zero attached hydrogens (tertiary/aromatic N) is 2. The zero-order valence-corrected chi connectivity index (χ0v) is 14.5. The third-order valence-electron chi connectivity index (χ3n) is 3.36. The minimum Gasteiger partial charge on any atom is -0.323 e. The second-order valence-electron chi connectivity index (χ2n) is 4.87. The zero-order valence-electron chi connectivity index (χ0n) is 11.4. The molecule has 0 amide bonds. The first-order valence-electron chi connectivity index (χ1n) is 6.52. The maximum Gasteiger partial charge on any atom is 0.128 e. The van der Waals surface area contributed by atoms with Gasteiger partial charge in [-0.15, -0.1) is 22.9 Å². The predicted octanol–water partition coefficient (Wildman–Crippen LogP) is 5.14. The molecule has 0 N–H and O–H groups in total. The molecule has 0 fully saturated rings. The average Bonchev–Trinajstić information content (AvgIpc) is 2.97. The highest BCUT2D eigenvalue weighted by molar-refractivity contribution is 9.10. The standard InChI is InChI=1S/C15H13BrClFN2S/c1-9-4-14-13(6-12(9)18)19-15(2-3-17)20(14)7-11-5-10(16)8-21-11/h4-6,8H,2-3,7H2,1H3. The molecular formula is C15H13BrClFN2S. The van der Waals surface area contributed by atoms with Crippen LogP contribution in [0.4, 0.5) is 4.39 Å². The normalized spacial score (nSPS) is 11.4. The van der Waals surface area contributed by atoms with E-state index in [9.17, 15) is 4.39 Å². The van der Waals surface area contributed by atoms with Gasteiger partial charge in [0.1, 0.15) is 11.6 Å². The lowest BCUT2D eigenvalue weighted by Crippen LogP contribution is -2.05. The minimum atomic E-state index is -0.219. The van der Waals surface area contributed by atoms with E-state index in [0.29, 0.717) is 23.4 Å². The fraction of sp³-hybridized carbons (Fsp3) is 0.267. The molecule has 0 atom stereocenters. The number of halogens is 3. The van der Waals surface area contributed by atoms with E-state index in [1.54, 1.807) is 18.3 Å². The summed E-state index contributed by atoms with van der Waals surface area (Å²) >= 11 is 11.0. The van der Waals surface area contributed by atoms with Crippen molar-refractivity contribution in [1.29, 1.82) is 0 Å². The SMILES string of the molecule is Cc1cc2c(cc1F)nc(CCCl)n2Cc1cc(Br)cs1. The fourth-order valence-electron chi connectivity index (χ4n) is 2.34. The van der Waals surface area contributed by atoms with Gasteiger partial charge in [0, 0.05) is 33.1 Å². The number of thiophene rings is 1. The Morgan fingerprint density at radius 2 is 2.19 bits per heavy atom. The maximum absolute atomic E-state index is 13.7. The summed E-state index contributed by atoms with van der Waals surface area (Å²) in [6.07, 6.45) is 0.670. The van der Waals surface area contributed by atoms with Gasteiger partial charge in [-0.1, -0.05) is 0 Å². The summed E-state index contributed by atoms with van der Waals surface area (Å²) in [7, 11) is 0. The molecule has 1 aromatic carbocycles. The number of rotatable bonds is 4. The van der Waals surface area contributed by atoms with Gasteiger partial charge in [0.05, 0.1) is 17.6 Å². The number of hydrogen-bond acceptors (Lipinski definition) is 2. The van der Waals surface area contributed by atoms with Crippen molar-refractivity contribution in [2.75, 3.05) is 5.88 Å². The van der Waals surface area contributed by atoms with Crippen LogP contribution in [-0.2, 0) is 13.0 Å². The van der Waals surface area contributed by atoms with Crippen molar-refractivity contribution in [2.24, 2.45) is 0 Å². The van der Waals surface area contributed by atoms with Gasteiger partial charge in [-0.2, -0.15) is 0 Å². The zero-order chi connectivity index (χ0) is 15.0. The molecule has 110 valence electrons. The summed E-state index contributed by atoms with van der Waals surface area (Å²) in [6, 6.07) is 5.46.